The number of nitrogens with zero attached hydrogens (tertiary/aromatic N) is 2. The molecule has 3 aromatic carbocycles. The molecule has 3 aromatic rings. The van der Waals surface area contributed by atoms with Crippen molar-refractivity contribution in [2.24, 2.45) is 0 Å². The van der Waals surface area contributed by atoms with Crippen LogP contribution in [0.3, 0.4) is 0 Å². The zero-order valence-corrected chi connectivity index (χ0v) is 20.6. The van der Waals surface area contributed by atoms with Crippen molar-refractivity contribution in [3.63, 3.8) is 0 Å². The molecule has 0 saturated heterocycles. The van der Waals surface area contributed by atoms with Gasteiger partial charge in [-0.2, -0.15) is 8.42 Å². The molecule has 0 aliphatic carbocycles. The average Bonchev–Trinajstić information content (AvgIpc) is 3.19. The lowest BCUT2D eigenvalue weighted by atomic mass is 10.1. The molecule has 34 heavy (non-hydrogen) atoms. The second kappa shape index (κ2) is 11.5. The summed E-state index contributed by atoms with van der Waals surface area (Å²) in [5.74, 6) is 0.731. The molecular weight excluding hydrogens is 448 g/mol. The third-order valence-electron chi connectivity index (χ3n) is 5.01. The Morgan fingerprint density at radius 1 is 0.853 bits per heavy atom. The molecule has 0 spiro atoms. The summed E-state index contributed by atoms with van der Waals surface area (Å²) >= 11 is 0. The summed E-state index contributed by atoms with van der Waals surface area (Å²) in [6.45, 7) is 1.89. The van der Waals surface area contributed by atoms with Crippen molar-refractivity contribution in [2.45, 2.75) is 18.2 Å². The molecule has 178 valence electrons. The SMILES string of the molecule is C(=Cc1ccccc1)c1ccccc1.Cc1ccc(S(=O)(=O)OC2OC=C(N(C)C)N2C)cc1. The number of hydrogen-bond donors (Lipinski definition) is 0. The lowest BCUT2D eigenvalue weighted by molar-refractivity contribution is -0.0912. The zero-order chi connectivity index (χ0) is 24.6. The number of ether oxygens (including phenoxy) is 1. The quantitative estimate of drug-likeness (QED) is 0.360. The Balaban J connectivity index is 0.000000202. The van der Waals surface area contributed by atoms with E-state index in [1.165, 1.54) is 29.5 Å². The van der Waals surface area contributed by atoms with Gasteiger partial charge in [0.15, 0.2) is 0 Å². The minimum Gasteiger partial charge on any atom is -0.450 e. The molecule has 0 radical (unpaired) electrons. The summed E-state index contributed by atoms with van der Waals surface area (Å²) in [4.78, 5) is 3.52. The molecule has 0 N–H and O–H groups in total. The van der Waals surface area contributed by atoms with Gasteiger partial charge in [-0.1, -0.05) is 90.5 Å². The average molecular weight is 479 g/mol. The molecule has 1 heterocycles. The first-order valence-electron chi connectivity index (χ1n) is 10.8. The zero-order valence-electron chi connectivity index (χ0n) is 19.8. The van der Waals surface area contributed by atoms with Crippen molar-refractivity contribution in [2.75, 3.05) is 21.1 Å². The Bertz CT molecular complexity index is 1170. The molecule has 1 unspecified atom stereocenters. The maximum atomic E-state index is 12.2. The standard InChI is InChI=1S/C14H12.C13H18N2O4S/c1-3-7-13(8-4-1)11-12-14-9-5-2-6-10-14;1-10-5-7-11(8-6-10)20(16,17)19-13-15(4)12(9-18-13)14(2)3/h1-12H;5-9,13H,1-4H3. The molecule has 7 heteroatoms. The first kappa shape index (κ1) is 25.1. The number of rotatable bonds is 6. The summed E-state index contributed by atoms with van der Waals surface area (Å²) in [6, 6.07) is 27.1. The first-order chi connectivity index (χ1) is 16.3. The van der Waals surface area contributed by atoms with Gasteiger partial charge < -0.3 is 9.64 Å². The Morgan fingerprint density at radius 2 is 1.35 bits per heavy atom. The van der Waals surface area contributed by atoms with E-state index in [1.54, 1.807) is 24.1 Å². The van der Waals surface area contributed by atoms with E-state index in [-0.39, 0.29) is 4.90 Å². The van der Waals surface area contributed by atoms with Crippen molar-refractivity contribution in [3.8, 4) is 0 Å². The van der Waals surface area contributed by atoms with Crippen LogP contribution in [0, 0.1) is 6.92 Å². The van der Waals surface area contributed by atoms with Crippen LogP contribution in [-0.2, 0) is 19.0 Å². The van der Waals surface area contributed by atoms with E-state index >= 15 is 0 Å². The van der Waals surface area contributed by atoms with Crippen LogP contribution in [0.2, 0.25) is 0 Å². The minimum absolute atomic E-state index is 0.110. The van der Waals surface area contributed by atoms with Crippen molar-refractivity contribution in [3.05, 3.63) is 114 Å². The molecule has 1 aliphatic rings. The number of hydrogen-bond acceptors (Lipinski definition) is 6. The second-order valence-corrected chi connectivity index (χ2v) is 9.51. The van der Waals surface area contributed by atoms with Gasteiger partial charge in [-0.05, 0) is 30.2 Å². The molecule has 0 bridgehead atoms. The van der Waals surface area contributed by atoms with Crippen LogP contribution in [0.4, 0.5) is 0 Å². The van der Waals surface area contributed by atoms with Crippen molar-refractivity contribution in [1.29, 1.82) is 0 Å². The van der Waals surface area contributed by atoms with Gasteiger partial charge in [0.05, 0.1) is 4.90 Å². The lowest BCUT2D eigenvalue weighted by Crippen LogP contribution is -2.35. The van der Waals surface area contributed by atoms with Crippen LogP contribution in [0.5, 0.6) is 0 Å². The lowest BCUT2D eigenvalue weighted by Gasteiger charge is -2.25. The van der Waals surface area contributed by atoms with Gasteiger partial charge >= 0.3 is 10.1 Å². The van der Waals surface area contributed by atoms with Crippen LogP contribution in [0.1, 0.15) is 16.7 Å². The largest absolute Gasteiger partial charge is 0.450 e. The second-order valence-electron chi connectivity index (χ2n) is 7.94. The van der Waals surface area contributed by atoms with E-state index in [0.717, 1.165) is 11.4 Å². The van der Waals surface area contributed by atoms with Crippen LogP contribution in [0.15, 0.2) is 102 Å². The topological polar surface area (TPSA) is 59.1 Å². The molecule has 0 amide bonds. The van der Waals surface area contributed by atoms with Crippen LogP contribution >= 0.6 is 0 Å². The minimum atomic E-state index is -3.86. The summed E-state index contributed by atoms with van der Waals surface area (Å²) in [6.07, 6.45) is 4.72. The highest BCUT2D eigenvalue weighted by atomic mass is 32.2. The highest BCUT2D eigenvalue weighted by molar-refractivity contribution is 7.86. The third-order valence-corrected chi connectivity index (χ3v) is 6.28. The molecule has 0 saturated carbocycles. The third kappa shape index (κ3) is 6.97. The highest BCUT2D eigenvalue weighted by Gasteiger charge is 2.31. The summed E-state index contributed by atoms with van der Waals surface area (Å²) in [5, 5.41) is 0. The fraction of sp³-hybridized carbons (Fsp3) is 0.185. The Labute approximate surface area is 202 Å². The normalized spacial score (nSPS) is 15.4. The number of benzene rings is 3. The van der Waals surface area contributed by atoms with Gasteiger partial charge in [-0.3, -0.25) is 4.90 Å². The van der Waals surface area contributed by atoms with E-state index in [2.05, 4.69) is 36.4 Å². The molecule has 0 aromatic heterocycles. The van der Waals surface area contributed by atoms with Gasteiger partial charge in [0.1, 0.15) is 12.1 Å². The van der Waals surface area contributed by atoms with Gasteiger partial charge in [0.2, 0.25) is 0 Å². The van der Waals surface area contributed by atoms with Crippen molar-refractivity contribution >= 4 is 22.3 Å². The monoisotopic (exact) mass is 478 g/mol. The maximum absolute atomic E-state index is 12.2. The van der Waals surface area contributed by atoms with Crippen LogP contribution in [0.25, 0.3) is 12.2 Å². The molecule has 0 fully saturated rings. The molecule has 6 nitrogen and oxygen atoms in total. The molecule has 4 rings (SSSR count). The van der Waals surface area contributed by atoms with Crippen LogP contribution < -0.4 is 0 Å². The molecule has 1 aliphatic heterocycles. The van der Waals surface area contributed by atoms with E-state index in [9.17, 15) is 8.42 Å². The Morgan fingerprint density at radius 3 is 1.79 bits per heavy atom. The summed E-state index contributed by atoms with van der Waals surface area (Å²) in [5.41, 5.74) is 3.45. The van der Waals surface area contributed by atoms with Gasteiger partial charge in [-0.25, -0.2) is 4.18 Å². The predicted molar refractivity (Wildman–Crippen MR) is 136 cm³/mol. The Hall–Kier alpha value is -3.55. The number of aryl methyl sites for hydroxylation is 1. The van der Waals surface area contributed by atoms with E-state index < -0.39 is 16.5 Å². The predicted octanol–water partition coefficient (Wildman–Crippen LogP) is 5.16. The van der Waals surface area contributed by atoms with E-state index in [4.69, 9.17) is 8.92 Å². The fourth-order valence-electron chi connectivity index (χ4n) is 3.10. The van der Waals surface area contributed by atoms with Gasteiger partial charge in [0, 0.05) is 21.1 Å². The van der Waals surface area contributed by atoms with Gasteiger partial charge in [0.25, 0.3) is 6.41 Å². The van der Waals surface area contributed by atoms with Crippen molar-refractivity contribution < 1.29 is 17.3 Å². The van der Waals surface area contributed by atoms with E-state index in [0.29, 0.717) is 0 Å². The highest BCUT2D eigenvalue weighted by Crippen LogP contribution is 2.24. The Kier molecular flexibility index (Phi) is 8.51. The van der Waals surface area contributed by atoms with E-state index in [1.807, 2.05) is 62.3 Å². The fourth-order valence-corrected chi connectivity index (χ4v) is 4.07. The van der Waals surface area contributed by atoms with Gasteiger partial charge in [-0.15, -0.1) is 0 Å². The van der Waals surface area contributed by atoms with Crippen molar-refractivity contribution in [1.82, 2.24) is 9.80 Å². The molecular formula is C27H30N2O4S. The smallest absolute Gasteiger partial charge is 0.301 e. The summed E-state index contributed by atoms with van der Waals surface area (Å²) in [7, 11) is 1.51. The summed E-state index contributed by atoms with van der Waals surface area (Å²) < 4.78 is 34.7. The molecule has 1 atom stereocenters. The maximum Gasteiger partial charge on any atom is 0.301 e. The van der Waals surface area contributed by atoms with Crippen LogP contribution in [-0.4, -0.2) is 45.8 Å². The first-order valence-corrected chi connectivity index (χ1v) is 12.2.